The van der Waals surface area contributed by atoms with Gasteiger partial charge in [-0.25, -0.2) is 4.98 Å². The molecule has 3 aliphatic rings. The number of rotatable bonds is 8. The SMILES string of the molecule is CC(C)Cc1cc(-c2[c-]ccc(-c3ccccc3)c2)ncc1[Si](C)(C)C.[Ir].[c-]1ccc2c(oc3ncccc32)c1-c1cc(CC2CC3CCC2CC3)ccn1. The fourth-order valence-corrected chi connectivity index (χ4v) is 10.5. The molecule has 283 valence electrons. The molecule has 4 aromatic heterocycles. The Balaban J connectivity index is 0.000000167. The molecule has 2 bridgehead atoms. The van der Waals surface area contributed by atoms with Crippen LogP contribution in [0.15, 0.2) is 114 Å². The number of hydrogen-bond donors (Lipinski definition) is 0. The van der Waals surface area contributed by atoms with Crippen molar-refractivity contribution < 1.29 is 24.5 Å². The van der Waals surface area contributed by atoms with Gasteiger partial charge in [-0.2, -0.15) is 0 Å². The molecule has 3 saturated carbocycles. The van der Waals surface area contributed by atoms with Crippen molar-refractivity contribution in [1.29, 1.82) is 0 Å². The summed E-state index contributed by atoms with van der Waals surface area (Å²) in [5.74, 6) is 3.39. The van der Waals surface area contributed by atoms with E-state index >= 15 is 0 Å². The van der Waals surface area contributed by atoms with Crippen LogP contribution in [-0.2, 0) is 32.9 Å². The summed E-state index contributed by atoms with van der Waals surface area (Å²) in [4.78, 5) is 13.8. The van der Waals surface area contributed by atoms with Crippen LogP contribution in [0, 0.1) is 35.8 Å². The topological polar surface area (TPSA) is 51.8 Å². The van der Waals surface area contributed by atoms with Crippen LogP contribution in [0.5, 0.6) is 0 Å². The van der Waals surface area contributed by atoms with Crippen molar-refractivity contribution in [2.24, 2.45) is 23.7 Å². The molecule has 0 saturated heterocycles. The molecule has 0 spiro atoms. The molecule has 1 atom stereocenters. The van der Waals surface area contributed by atoms with E-state index < -0.39 is 8.07 Å². The standard InChI is InChI=1S/C25H23N2O.C24H28NSi.Ir/c1-3-20-21-5-2-11-27-25(21)28-24(20)22(4-1)23-15-17(10-12-26-23)14-19-13-16-6-8-18(19)9-7-16;1-18(2)14-22-16-23(25-17-24(22)26(3,4)5)21-13-9-12-20(15-21)19-10-7-6-8-11-19;/h1-3,5,10-12,15-16,18-19H,6-9,13-14H2;6-12,15-18H,14H2,1-5H3;/q2*-1;. The van der Waals surface area contributed by atoms with Gasteiger partial charge in [0.2, 0.25) is 5.71 Å². The first kappa shape index (κ1) is 39.0. The summed E-state index contributed by atoms with van der Waals surface area (Å²) in [7, 11) is -1.40. The number of aromatic nitrogens is 3. The van der Waals surface area contributed by atoms with Crippen LogP contribution in [-0.4, -0.2) is 23.0 Å². The molecule has 1 radical (unpaired) electrons. The summed E-state index contributed by atoms with van der Waals surface area (Å²) in [6.45, 7) is 11.8. The molecule has 3 aromatic carbocycles. The third-order valence-electron chi connectivity index (χ3n) is 11.6. The molecule has 10 rings (SSSR count). The van der Waals surface area contributed by atoms with E-state index in [-0.39, 0.29) is 20.1 Å². The van der Waals surface area contributed by atoms with Gasteiger partial charge in [-0.1, -0.05) is 111 Å². The minimum Gasteiger partial charge on any atom is -0.486 e. The fraction of sp³-hybridized carbons (Fsp3) is 0.327. The Morgan fingerprint density at radius 2 is 1.56 bits per heavy atom. The molecule has 7 aromatic rings. The summed E-state index contributed by atoms with van der Waals surface area (Å²) in [6.07, 6.45) is 15.3. The summed E-state index contributed by atoms with van der Waals surface area (Å²) in [5.41, 5.74) is 10.8. The predicted octanol–water partition coefficient (Wildman–Crippen LogP) is 12.2. The van der Waals surface area contributed by atoms with E-state index in [1.807, 2.05) is 30.5 Å². The predicted molar refractivity (Wildman–Crippen MR) is 226 cm³/mol. The van der Waals surface area contributed by atoms with Gasteiger partial charge in [-0.3, -0.25) is 0 Å². The molecule has 3 aliphatic carbocycles. The van der Waals surface area contributed by atoms with Crippen LogP contribution in [0.1, 0.15) is 57.1 Å². The zero-order chi connectivity index (χ0) is 37.2. The summed E-state index contributed by atoms with van der Waals surface area (Å²) in [5, 5.41) is 3.60. The number of fused-ring (bicyclic) bond motifs is 6. The van der Waals surface area contributed by atoms with Gasteiger partial charge in [0.25, 0.3) is 0 Å². The Hall–Kier alpha value is -4.22. The van der Waals surface area contributed by atoms with Crippen molar-refractivity contribution in [1.82, 2.24) is 15.0 Å². The van der Waals surface area contributed by atoms with Gasteiger partial charge in [0.1, 0.15) is 0 Å². The first-order chi connectivity index (χ1) is 26.2. The van der Waals surface area contributed by atoms with Crippen molar-refractivity contribution in [2.45, 2.75) is 78.4 Å². The second-order valence-electron chi connectivity index (χ2n) is 17.0. The Morgan fingerprint density at radius 3 is 2.31 bits per heavy atom. The third kappa shape index (κ3) is 8.78. The average molecular weight is 918 g/mol. The van der Waals surface area contributed by atoms with Crippen LogP contribution in [0.25, 0.3) is 55.7 Å². The van der Waals surface area contributed by atoms with Gasteiger partial charge in [0.15, 0.2) is 0 Å². The van der Waals surface area contributed by atoms with Crippen LogP contribution in [0.2, 0.25) is 19.6 Å². The van der Waals surface area contributed by atoms with E-state index in [0.717, 1.165) is 63.0 Å². The second kappa shape index (κ2) is 16.9. The number of furan rings is 1. The average Bonchev–Trinajstić information content (AvgIpc) is 3.58. The van der Waals surface area contributed by atoms with Crippen molar-refractivity contribution in [3.8, 4) is 33.6 Å². The maximum absolute atomic E-state index is 6.09. The molecule has 6 heteroatoms. The maximum Gasteiger partial charge on any atom is 0.216 e. The van der Waals surface area contributed by atoms with E-state index in [2.05, 4.69) is 129 Å². The van der Waals surface area contributed by atoms with Crippen molar-refractivity contribution in [3.05, 3.63) is 133 Å². The number of hydrogen-bond acceptors (Lipinski definition) is 4. The van der Waals surface area contributed by atoms with Gasteiger partial charge in [0, 0.05) is 44.1 Å². The van der Waals surface area contributed by atoms with Gasteiger partial charge >= 0.3 is 0 Å². The van der Waals surface area contributed by atoms with Crippen LogP contribution in [0.3, 0.4) is 0 Å². The first-order valence-corrected chi connectivity index (χ1v) is 23.4. The third-order valence-corrected chi connectivity index (χ3v) is 13.7. The molecule has 4 nitrogen and oxygen atoms in total. The largest absolute Gasteiger partial charge is 0.486 e. The molecule has 0 aliphatic heterocycles. The second-order valence-corrected chi connectivity index (χ2v) is 22.1. The molecule has 55 heavy (non-hydrogen) atoms. The van der Waals surface area contributed by atoms with Gasteiger partial charge in [-0.05, 0) is 96.1 Å². The monoisotopic (exact) mass is 918 g/mol. The van der Waals surface area contributed by atoms with Gasteiger partial charge in [-0.15, -0.1) is 53.6 Å². The van der Waals surface area contributed by atoms with E-state index in [1.54, 1.807) is 6.20 Å². The molecule has 3 fully saturated rings. The quantitative estimate of drug-likeness (QED) is 0.113. The van der Waals surface area contributed by atoms with Crippen LogP contribution in [0.4, 0.5) is 0 Å². The Labute approximate surface area is 341 Å². The van der Waals surface area contributed by atoms with Gasteiger partial charge < -0.3 is 14.4 Å². The van der Waals surface area contributed by atoms with E-state index in [1.165, 1.54) is 66.0 Å². The van der Waals surface area contributed by atoms with E-state index in [9.17, 15) is 0 Å². The molecular weight excluding hydrogens is 867 g/mol. The smallest absolute Gasteiger partial charge is 0.216 e. The van der Waals surface area contributed by atoms with Crippen LogP contribution >= 0.6 is 0 Å². The number of pyridine rings is 3. The van der Waals surface area contributed by atoms with Crippen molar-refractivity contribution in [2.75, 3.05) is 0 Å². The zero-order valence-corrected chi connectivity index (χ0v) is 36.1. The first-order valence-electron chi connectivity index (χ1n) is 19.9. The van der Waals surface area contributed by atoms with E-state index in [0.29, 0.717) is 11.6 Å². The summed E-state index contributed by atoms with van der Waals surface area (Å²) < 4.78 is 6.09. The normalized spacial score (nSPS) is 17.9. The Morgan fingerprint density at radius 1 is 0.764 bits per heavy atom. The van der Waals surface area contributed by atoms with Crippen molar-refractivity contribution in [3.63, 3.8) is 0 Å². The minimum absolute atomic E-state index is 0. The molecular formula is C49H51IrN3OSi-2. The summed E-state index contributed by atoms with van der Waals surface area (Å²) in [6, 6.07) is 38.3. The number of nitrogens with zero attached hydrogens (tertiary/aromatic N) is 3. The molecule has 0 N–H and O–H groups in total. The van der Waals surface area contributed by atoms with E-state index in [4.69, 9.17) is 9.40 Å². The Kier molecular flexibility index (Phi) is 12.0. The molecule has 0 amide bonds. The van der Waals surface area contributed by atoms with Gasteiger partial charge in [0.05, 0.1) is 13.7 Å². The van der Waals surface area contributed by atoms with Crippen LogP contribution < -0.4 is 5.19 Å². The zero-order valence-electron chi connectivity index (χ0n) is 32.7. The maximum atomic E-state index is 6.09. The molecule has 1 unspecified atom stereocenters. The minimum atomic E-state index is -1.40. The molecule has 4 heterocycles. The summed E-state index contributed by atoms with van der Waals surface area (Å²) >= 11 is 0. The number of benzene rings is 3. The Bertz CT molecular complexity index is 2370. The van der Waals surface area contributed by atoms with Crippen molar-refractivity contribution >= 4 is 35.3 Å². The fourth-order valence-electron chi connectivity index (χ4n) is 8.93.